The average molecular weight is 343 g/mol. The maximum Gasteiger partial charge on any atom is 0.315 e. The van der Waals surface area contributed by atoms with Crippen molar-refractivity contribution in [1.82, 2.24) is 20.6 Å². The van der Waals surface area contributed by atoms with Gasteiger partial charge < -0.3 is 25.0 Å². The van der Waals surface area contributed by atoms with Crippen molar-refractivity contribution in [3.8, 4) is 11.5 Å². The Kier molecular flexibility index (Phi) is 5.17. The summed E-state index contributed by atoms with van der Waals surface area (Å²) in [5.74, 6) is 2.01. The smallest absolute Gasteiger partial charge is 0.315 e. The zero-order valence-corrected chi connectivity index (χ0v) is 14.3. The summed E-state index contributed by atoms with van der Waals surface area (Å²) in [6.45, 7) is 1.73. The molecule has 2 heterocycles. The van der Waals surface area contributed by atoms with Gasteiger partial charge in [-0.1, -0.05) is 12.1 Å². The number of hydrogen-bond acceptors (Lipinski definition) is 6. The normalized spacial score (nSPS) is 12.4. The number of amides is 2. The number of anilines is 1. The van der Waals surface area contributed by atoms with E-state index in [4.69, 9.17) is 9.47 Å². The number of aromatic nitrogens is 2. The van der Waals surface area contributed by atoms with E-state index in [2.05, 4.69) is 20.6 Å². The molecule has 0 unspecified atom stereocenters. The van der Waals surface area contributed by atoms with Crippen LogP contribution in [0.3, 0.4) is 0 Å². The van der Waals surface area contributed by atoms with Crippen molar-refractivity contribution >= 4 is 12.0 Å². The van der Waals surface area contributed by atoms with Crippen LogP contribution in [0.15, 0.2) is 30.5 Å². The molecule has 25 heavy (non-hydrogen) atoms. The summed E-state index contributed by atoms with van der Waals surface area (Å²) in [5, 5.41) is 5.60. The van der Waals surface area contributed by atoms with E-state index in [9.17, 15) is 4.79 Å². The highest BCUT2D eigenvalue weighted by molar-refractivity contribution is 5.74. The fourth-order valence-corrected chi connectivity index (χ4v) is 2.38. The molecule has 0 spiro atoms. The molecule has 0 bridgehead atoms. The second-order valence-electron chi connectivity index (χ2n) is 5.72. The predicted molar refractivity (Wildman–Crippen MR) is 92.9 cm³/mol. The molecule has 0 saturated heterocycles. The van der Waals surface area contributed by atoms with Crippen molar-refractivity contribution < 1.29 is 14.3 Å². The number of nitrogens with one attached hydrogen (secondary N) is 2. The molecule has 1 aromatic carbocycles. The van der Waals surface area contributed by atoms with Crippen LogP contribution < -0.4 is 25.0 Å². The number of fused-ring (bicyclic) bond motifs is 1. The van der Waals surface area contributed by atoms with Crippen molar-refractivity contribution in [3.05, 3.63) is 41.7 Å². The predicted octanol–water partition coefficient (Wildman–Crippen LogP) is 1.31. The Morgan fingerprint density at radius 2 is 1.96 bits per heavy atom. The first kappa shape index (κ1) is 16.8. The standard InChI is InChI=1S/C17H21N5O3/c1-22(2)16-18-7-6-13(21-16)11-20-17(23)19-10-12-4-3-5-14-15(12)25-9-8-24-14/h3-7H,8-11H2,1-2H3,(H2,19,20,23). The first-order valence-corrected chi connectivity index (χ1v) is 8.02. The molecule has 8 nitrogen and oxygen atoms in total. The van der Waals surface area contributed by atoms with Gasteiger partial charge in [0.05, 0.1) is 12.2 Å². The molecule has 2 amide bonds. The maximum absolute atomic E-state index is 12.0. The van der Waals surface area contributed by atoms with Crippen LogP contribution in [-0.2, 0) is 13.1 Å². The first-order valence-electron chi connectivity index (χ1n) is 8.02. The molecule has 132 valence electrons. The van der Waals surface area contributed by atoms with Gasteiger partial charge in [-0.2, -0.15) is 0 Å². The van der Waals surface area contributed by atoms with Crippen LogP contribution in [-0.4, -0.2) is 43.3 Å². The topological polar surface area (TPSA) is 88.6 Å². The fourth-order valence-electron chi connectivity index (χ4n) is 2.38. The molecule has 0 aliphatic carbocycles. The molecule has 8 heteroatoms. The van der Waals surface area contributed by atoms with Gasteiger partial charge in [-0.05, 0) is 12.1 Å². The summed E-state index contributed by atoms with van der Waals surface area (Å²) < 4.78 is 11.2. The van der Waals surface area contributed by atoms with Crippen molar-refractivity contribution in [2.75, 3.05) is 32.2 Å². The Morgan fingerprint density at radius 1 is 1.16 bits per heavy atom. The van der Waals surface area contributed by atoms with Crippen molar-refractivity contribution in [2.45, 2.75) is 13.1 Å². The maximum atomic E-state index is 12.0. The van der Waals surface area contributed by atoms with Crippen LogP contribution in [0.4, 0.5) is 10.7 Å². The van der Waals surface area contributed by atoms with Gasteiger partial charge in [0.25, 0.3) is 0 Å². The Bertz CT molecular complexity index is 751. The number of carbonyl (C=O) groups is 1. The lowest BCUT2D eigenvalue weighted by Crippen LogP contribution is -2.35. The van der Waals surface area contributed by atoms with Crippen LogP contribution in [0, 0.1) is 0 Å². The molecule has 2 N–H and O–H groups in total. The Hall–Kier alpha value is -3.03. The summed E-state index contributed by atoms with van der Waals surface area (Å²) in [5.41, 5.74) is 1.62. The quantitative estimate of drug-likeness (QED) is 0.851. The number of hydrogen-bond donors (Lipinski definition) is 2. The van der Waals surface area contributed by atoms with Gasteiger partial charge >= 0.3 is 6.03 Å². The van der Waals surface area contributed by atoms with Crippen LogP contribution in [0.25, 0.3) is 0 Å². The van der Waals surface area contributed by atoms with Crippen LogP contribution in [0.2, 0.25) is 0 Å². The van der Waals surface area contributed by atoms with Gasteiger partial charge in [0.15, 0.2) is 11.5 Å². The van der Waals surface area contributed by atoms with E-state index >= 15 is 0 Å². The number of carbonyl (C=O) groups excluding carboxylic acids is 1. The van der Waals surface area contributed by atoms with Gasteiger partial charge in [0.2, 0.25) is 5.95 Å². The molecule has 1 aromatic heterocycles. The molecular weight excluding hydrogens is 322 g/mol. The lowest BCUT2D eigenvalue weighted by atomic mass is 10.1. The highest BCUT2D eigenvalue weighted by Gasteiger charge is 2.15. The molecule has 0 fully saturated rings. The van der Waals surface area contributed by atoms with Gasteiger partial charge in [-0.25, -0.2) is 14.8 Å². The Balaban J connectivity index is 1.53. The van der Waals surface area contributed by atoms with Crippen molar-refractivity contribution in [3.63, 3.8) is 0 Å². The summed E-state index contributed by atoms with van der Waals surface area (Å²) in [6.07, 6.45) is 1.67. The monoisotopic (exact) mass is 343 g/mol. The molecule has 0 saturated carbocycles. The molecule has 1 aliphatic rings. The SMILES string of the molecule is CN(C)c1nccc(CNC(=O)NCc2cccc3c2OCCO3)n1. The average Bonchev–Trinajstić information content (AvgIpc) is 2.65. The number of urea groups is 1. The van der Waals surface area contributed by atoms with Crippen LogP contribution >= 0.6 is 0 Å². The van der Waals surface area contributed by atoms with Crippen LogP contribution in [0.5, 0.6) is 11.5 Å². The minimum atomic E-state index is -0.278. The van der Waals surface area contributed by atoms with E-state index in [1.807, 2.05) is 37.2 Å². The van der Waals surface area contributed by atoms with E-state index in [0.29, 0.717) is 43.8 Å². The number of ether oxygens (including phenoxy) is 2. The number of para-hydroxylation sites is 1. The van der Waals surface area contributed by atoms with Crippen LogP contribution in [0.1, 0.15) is 11.3 Å². The van der Waals surface area contributed by atoms with Gasteiger partial charge in [-0.15, -0.1) is 0 Å². The minimum absolute atomic E-state index is 0.278. The fraction of sp³-hybridized carbons (Fsp3) is 0.353. The van der Waals surface area contributed by atoms with Gasteiger partial charge in [0, 0.05) is 32.4 Å². The van der Waals surface area contributed by atoms with E-state index in [-0.39, 0.29) is 6.03 Å². The van der Waals surface area contributed by atoms with E-state index in [0.717, 1.165) is 11.3 Å². The summed E-state index contributed by atoms with van der Waals surface area (Å²) in [6, 6.07) is 7.13. The second kappa shape index (κ2) is 7.69. The number of benzene rings is 1. The minimum Gasteiger partial charge on any atom is -0.486 e. The second-order valence-corrected chi connectivity index (χ2v) is 5.72. The summed E-state index contributed by atoms with van der Waals surface area (Å²) in [4.78, 5) is 22.3. The molecular formula is C17H21N5O3. The summed E-state index contributed by atoms with van der Waals surface area (Å²) in [7, 11) is 3.73. The lowest BCUT2D eigenvalue weighted by molar-refractivity contribution is 0.169. The van der Waals surface area contributed by atoms with Crippen molar-refractivity contribution in [2.24, 2.45) is 0 Å². The first-order chi connectivity index (χ1) is 12.1. The summed E-state index contributed by atoms with van der Waals surface area (Å²) >= 11 is 0. The highest BCUT2D eigenvalue weighted by Crippen LogP contribution is 2.33. The van der Waals surface area contributed by atoms with E-state index < -0.39 is 0 Å². The molecule has 2 aromatic rings. The molecule has 0 radical (unpaired) electrons. The Morgan fingerprint density at radius 3 is 2.80 bits per heavy atom. The number of nitrogens with zero attached hydrogens (tertiary/aromatic N) is 3. The third-order valence-electron chi connectivity index (χ3n) is 3.62. The van der Waals surface area contributed by atoms with Gasteiger partial charge in [0.1, 0.15) is 13.2 Å². The molecule has 0 atom stereocenters. The third-order valence-corrected chi connectivity index (χ3v) is 3.62. The van der Waals surface area contributed by atoms with Crippen molar-refractivity contribution in [1.29, 1.82) is 0 Å². The molecule has 3 rings (SSSR count). The largest absolute Gasteiger partial charge is 0.486 e. The highest BCUT2D eigenvalue weighted by atomic mass is 16.6. The zero-order valence-electron chi connectivity index (χ0n) is 14.3. The lowest BCUT2D eigenvalue weighted by Gasteiger charge is -2.21. The third kappa shape index (κ3) is 4.28. The Labute approximate surface area is 146 Å². The van der Waals surface area contributed by atoms with E-state index in [1.165, 1.54) is 0 Å². The number of rotatable bonds is 5. The zero-order chi connectivity index (χ0) is 17.6. The molecule has 1 aliphatic heterocycles. The van der Waals surface area contributed by atoms with Gasteiger partial charge in [-0.3, -0.25) is 0 Å². The van der Waals surface area contributed by atoms with E-state index in [1.54, 1.807) is 12.3 Å².